The number of hydrogen-bond acceptors (Lipinski definition) is 5. The third-order valence-corrected chi connectivity index (χ3v) is 5.80. The summed E-state index contributed by atoms with van der Waals surface area (Å²) in [6.07, 6.45) is 2.14. The highest BCUT2D eigenvalue weighted by Crippen LogP contribution is 2.24. The van der Waals surface area contributed by atoms with Crippen molar-refractivity contribution in [2.75, 3.05) is 17.4 Å². The van der Waals surface area contributed by atoms with Gasteiger partial charge in [-0.05, 0) is 50.5 Å². The lowest BCUT2D eigenvalue weighted by Crippen LogP contribution is -2.34. The van der Waals surface area contributed by atoms with Crippen LogP contribution in [0.15, 0.2) is 17.0 Å². The van der Waals surface area contributed by atoms with Crippen LogP contribution >= 0.6 is 0 Å². The van der Waals surface area contributed by atoms with Gasteiger partial charge in [-0.25, -0.2) is 13.1 Å². The first kappa shape index (κ1) is 18.1. The van der Waals surface area contributed by atoms with E-state index in [0.29, 0.717) is 29.0 Å². The average Bonchev–Trinajstić information content (AvgIpc) is 2.34. The summed E-state index contributed by atoms with van der Waals surface area (Å²) in [5, 5.41) is 0. The number of hydrazine groups is 1. The predicted octanol–water partition coefficient (Wildman–Crippen LogP) is 1.02. The molecule has 2 unspecified atom stereocenters. The van der Waals surface area contributed by atoms with Crippen LogP contribution in [-0.4, -0.2) is 30.7 Å². The largest absolute Gasteiger partial charge is 0.324 e. The van der Waals surface area contributed by atoms with Gasteiger partial charge in [-0.1, -0.05) is 0 Å². The second-order valence-corrected chi connectivity index (χ2v) is 8.38. The molecule has 1 aromatic carbocycles. The molecule has 0 amide bonds. The van der Waals surface area contributed by atoms with E-state index in [2.05, 4.69) is 10.1 Å². The van der Waals surface area contributed by atoms with Crippen LogP contribution < -0.4 is 16.0 Å². The van der Waals surface area contributed by atoms with Crippen molar-refractivity contribution in [3.63, 3.8) is 0 Å². The van der Waals surface area contributed by atoms with Gasteiger partial charge in [-0.15, -0.1) is 0 Å². The third-order valence-electron chi connectivity index (χ3n) is 3.09. The van der Waals surface area contributed by atoms with Gasteiger partial charge >= 0.3 is 0 Å². The molecule has 0 aliphatic heterocycles. The maximum absolute atomic E-state index is 12.5. The van der Waals surface area contributed by atoms with Gasteiger partial charge < -0.3 is 5.43 Å². The number of nitrogens with one attached hydrogen (secondary N) is 2. The van der Waals surface area contributed by atoms with Crippen LogP contribution in [0.25, 0.3) is 0 Å². The van der Waals surface area contributed by atoms with Gasteiger partial charge in [0.05, 0.1) is 4.90 Å². The molecule has 8 heteroatoms. The van der Waals surface area contributed by atoms with E-state index in [1.54, 1.807) is 39.2 Å². The number of nitrogens with two attached hydrogens (primary N) is 1. The van der Waals surface area contributed by atoms with Crippen LogP contribution in [-0.2, 0) is 20.8 Å². The van der Waals surface area contributed by atoms with Gasteiger partial charge in [-0.3, -0.25) is 10.1 Å². The lowest BCUT2D eigenvalue weighted by Gasteiger charge is -2.17. The molecule has 1 aromatic rings. The van der Waals surface area contributed by atoms with E-state index < -0.39 is 20.8 Å². The van der Waals surface area contributed by atoms with Gasteiger partial charge in [0, 0.05) is 34.5 Å². The maximum atomic E-state index is 12.5. The quantitative estimate of drug-likeness (QED) is 0.511. The van der Waals surface area contributed by atoms with E-state index in [4.69, 9.17) is 5.84 Å². The first-order chi connectivity index (χ1) is 9.67. The molecule has 0 fully saturated rings. The molecule has 1 rings (SSSR count). The Hall–Kier alpha value is -0.960. The lowest BCUT2D eigenvalue weighted by atomic mass is 10.1. The van der Waals surface area contributed by atoms with Crippen LogP contribution in [0.4, 0.5) is 5.69 Å². The van der Waals surface area contributed by atoms with E-state index in [0.717, 1.165) is 0 Å². The molecular weight excluding hydrogens is 310 g/mol. The minimum absolute atomic E-state index is 0.269. The molecule has 0 radical (unpaired) electrons. The van der Waals surface area contributed by atoms with Crippen molar-refractivity contribution in [1.29, 1.82) is 0 Å². The minimum atomic E-state index is -3.61. The first-order valence-corrected chi connectivity index (χ1v) is 9.78. The Kier molecular flexibility index (Phi) is 6.33. The van der Waals surface area contributed by atoms with E-state index in [1.165, 1.54) is 0 Å². The summed E-state index contributed by atoms with van der Waals surface area (Å²) in [7, 11) is -4.54. The number of anilines is 1. The normalized spacial score (nSPS) is 14.7. The zero-order chi connectivity index (χ0) is 16.2. The first-order valence-electron chi connectivity index (χ1n) is 6.57. The van der Waals surface area contributed by atoms with Crippen molar-refractivity contribution < 1.29 is 12.6 Å². The fourth-order valence-electron chi connectivity index (χ4n) is 2.18. The van der Waals surface area contributed by atoms with Crippen molar-refractivity contribution in [3.8, 4) is 0 Å². The molecule has 21 heavy (non-hydrogen) atoms. The number of aryl methyl sites for hydroxylation is 2. The Balaban J connectivity index is 3.00. The van der Waals surface area contributed by atoms with Gasteiger partial charge in [0.25, 0.3) is 0 Å². The number of rotatable bonds is 7. The maximum Gasteiger partial charge on any atom is 0.241 e. The highest BCUT2D eigenvalue weighted by Gasteiger charge is 2.22. The summed E-state index contributed by atoms with van der Waals surface area (Å²) in [4.78, 5) is 0.269. The second-order valence-electron chi connectivity index (χ2n) is 5.17. The van der Waals surface area contributed by atoms with E-state index in [9.17, 15) is 12.6 Å². The molecule has 0 saturated carbocycles. The molecule has 0 aliphatic carbocycles. The molecule has 0 spiro atoms. The van der Waals surface area contributed by atoms with Crippen molar-refractivity contribution in [3.05, 3.63) is 23.3 Å². The molecule has 0 saturated heterocycles. The van der Waals surface area contributed by atoms with Crippen LogP contribution in [0.3, 0.4) is 0 Å². The minimum Gasteiger partial charge on any atom is -0.324 e. The summed E-state index contributed by atoms with van der Waals surface area (Å²) in [5.41, 5.74) is 4.43. The van der Waals surface area contributed by atoms with Crippen molar-refractivity contribution in [2.45, 2.75) is 38.1 Å². The Morgan fingerprint density at radius 2 is 1.81 bits per heavy atom. The smallest absolute Gasteiger partial charge is 0.241 e. The van der Waals surface area contributed by atoms with Crippen LogP contribution in [0, 0.1) is 13.8 Å². The number of sulfonamides is 1. The summed E-state index contributed by atoms with van der Waals surface area (Å²) >= 11 is 0. The lowest BCUT2D eigenvalue weighted by molar-refractivity contribution is 0.554. The SMILES string of the molecule is Cc1cc(NN)cc(C)c1S(=O)(=O)NC(C)CCS(C)=O. The standard InChI is InChI=1S/C13H23N3O3S2/c1-9-7-12(15-14)8-10(2)13(9)21(18,19)16-11(3)5-6-20(4)17/h7-8,11,15-16H,5-6,14H2,1-4H3. The highest BCUT2D eigenvalue weighted by molar-refractivity contribution is 7.89. The van der Waals surface area contributed by atoms with Crippen LogP contribution in [0.1, 0.15) is 24.5 Å². The molecule has 4 N–H and O–H groups in total. The number of hydrogen-bond donors (Lipinski definition) is 3. The van der Waals surface area contributed by atoms with Crippen LogP contribution in [0.5, 0.6) is 0 Å². The fraction of sp³-hybridized carbons (Fsp3) is 0.538. The highest BCUT2D eigenvalue weighted by atomic mass is 32.2. The number of benzene rings is 1. The molecule has 0 aliphatic rings. The topological polar surface area (TPSA) is 101 Å². The Morgan fingerprint density at radius 1 is 1.29 bits per heavy atom. The van der Waals surface area contributed by atoms with Crippen molar-refractivity contribution >= 4 is 26.5 Å². The molecule has 6 nitrogen and oxygen atoms in total. The van der Waals surface area contributed by atoms with E-state index in [1.807, 2.05) is 0 Å². The summed E-state index contributed by atoms with van der Waals surface area (Å²) in [5.74, 6) is 5.82. The summed E-state index contributed by atoms with van der Waals surface area (Å²) < 4.78 is 38.7. The van der Waals surface area contributed by atoms with Gasteiger partial charge in [0.2, 0.25) is 10.0 Å². The zero-order valence-electron chi connectivity index (χ0n) is 12.8. The second kappa shape index (κ2) is 7.35. The Bertz CT molecular complexity index is 607. The molecular formula is C13H23N3O3S2. The summed E-state index contributed by atoms with van der Waals surface area (Å²) in [6, 6.07) is 3.10. The summed E-state index contributed by atoms with van der Waals surface area (Å²) in [6.45, 7) is 5.23. The van der Waals surface area contributed by atoms with E-state index >= 15 is 0 Å². The van der Waals surface area contributed by atoms with Crippen LogP contribution in [0.2, 0.25) is 0 Å². The van der Waals surface area contributed by atoms with Gasteiger partial charge in [0.1, 0.15) is 0 Å². The van der Waals surface area contributed by atoms with Crippen molar-refractivity contribution in [1.82, 2.24) is 4.72 Å². The fourth-order valence-corrected chi connectivity index (χ4v) is 4.60. The van der Waals surface area contributed by atoms with E-state index in [-0.39, 0.29) is 10.9 Å². The predicted molar refractivity (Wildman–Crippen MR) is 87.1 cm³/mol. The average molecular weight is 333 g/mol. The Labute approximate surface area is 129 Å². The number of nitrogen functional groups attached to an aromatic ring is 1. The monoisotopic (exact) mass is 333 g/mol. The molecule has 2 atom stereocenters. The molecule has 0 bridgehead atoms. The third kappa shape index (κ3) is 5.06. The van der Waals surface area contributed by atoms with Gasteiger partial charge in [-0.2, -0.15) is 0 Å². The zero-order valence-corrected chi connectivity index (χ0v) is 14.4. The molecule has 0 heterocycles. The Morgan fingerprint density at radius 3 is 2.24 bits per heavy atom. The van der Waals surface area contributed by atoms with Crippen molar-refractivity contribution in [2.24, 2.45) is 5.84 Å². The van der Waals surface area contributed by atoms with Gasteiger partial charge in [0.15, 0.2) is 0 Å². The molecule has 120 valence electrons. The molecule has 0 aromatic heterocycles.